The number of halogens is 3. The van der Waals surface area contributed by atoms with Crippen molar-refractivity contribution in [2.45, 2.75) is 19.2 Å². The fourth-order valence-corrected chi connectivity index (χ4v) is 1.78. The van der Waals surface area contributed by atoms with Crippen LogP contribution in [-0.2, 0) is 6.42 Å². The fourth-order valence-electron chi connectivity index (χ4n) is 1.78. The third-order valence-corrected chi connectivity index (χ3v) is 2.74. The molecule has 0 saturated carbocycles. The summed E-state index contributed by atoms with van der Waals surface area (Å²) in [4.78, 5) is 11.8. The fraction of sp³-hybridized carbons (Fsp3) is 0.286. The molecule has 8 heteroatoms. The number of aryl methyl sites for hydroxylation is 1. The Hall–Kier alpha value is -2.51. The van der Waals surface area contributed by atoms with Crippen molar-refractivity contribution in [3.05, 3.63) is 47.9 Å². The van der Waals surface area contributed by atoms with E-state index in [0.29, 0.717) is 19.4 Å². The summed E-state index contributed by atoms with van der Waals surface area (Å²) in [5, 5.41) is 6.18. The molecule has 0 radical (unpaired) electrons. The first-order chi connectivity index (χ1) is 10.4. The van der Waals surface area contributed by atoms with Crippen LogP contribution in [0.2, 0.25) is 0 Å². The number of hydrogen-bond donors (Lipinski definition) is 1. The molecule has 5 nitrogen and oxygen atoms in total. The summed E-state index contributed by atoms with van der Waals surface area (Å²) in [7, 11) is 0. The van der Waals surface area contributed by atoms with E-state index in [2.05, 4.69) is 19.7 Å². The monoisotopic (exact) mass is 314 g/mol. The molecule has 0 aliphatic heterocycles. The minimum absolute atomic E-state index is 0.103. The summed E-state index contributed by atoms with van der Waals surface area (Å²) in [5.41, 5.74) is 1.02. The molecule has 0 atom stereocenters. The molecule has 1 N–H and O–H groups in total. The van der Waals surface area contributed by atoms with E-state index >= 15 is 0 Å². The molecule has 1 aromatic heterocycles. The van der Waals surface area contributed by atoms with Crippen LogP contribution in [0.3, 0.4) is 0 Å². The van der Waals surface area contributed by atoms with Gasteiger partial charge in [0.1, 0.15) is 12.0 Å². The highest BCUT2D eigenvalue weighted by molar-refractivity contribution is 5.94. The van der Waals surface area contributed by atoms with E-state index in [-0.39, 0.29) is 5.56 Å². The second-order valence-corrected chi connectivity index (χ2v) is 4.47. The molecule has 2 rings (SSSR count). The van der Waals surface area contributed by atoms with E-state index in [0.717, 1.165) is 17.7 Å². The lowest BCUT2D eigenvalue weighted by Crippen LogP contribution is -2.25. The summed E-state index contributed by atoms with van der Waals surface area (Å²) in [6.45, 7) is 0.383. The van der Waals surface area contributed by atoms with Crippen LogP contribution in [0.15, 0.2) is 41.2 Å². The molecule has 0 bridgehead atoms. The van der Waals surface area contributed by atoms with Gasteiger partial charge in [-0.25, -0.2) is 0 Å². The smallest absolute Gasteiger partial charge is 0.406 e. The lowest BCUT2D eigenvalue weighted by atomic mass is 10.2. The molecule has 1 heterocycles. The molecule has 0 spiro atoms. The number of nitrogens with one attached hydrogen (secondary N) is 1. The molecule has 0 aliphatic rings. The van der Waals surface area contributed by atoms with Crippen molar-refractivity contribution in [2.75, 3.05) is 6.54 Å². The summed E-state index contributed by atoms with van der Waals surface area (Å²) < 4.78 is 44.8. The summed E-state index contributed by atoms with van der Waals surface area (Å²) in [5.74, 6) is -0.887. The predicted octanol–water partition coefficient (Wildman–Crippen LogP) is 2.94. The van der Waals surface area contributed by atoms with Crippen LogP contribution < -0.4 is 10.1 Å². The average Bonchev–Trinajstić information content (AvgIpc) is 2.95. The topological polar surface area (TPSA) is 64.4 Å². The van der Waals surface area contributed by atoms with Gasteiger partial charge < -0.3 is 14.6 Å². The molecule has 0 aliphatic carbocycles. The van der Waals surface area contributed by atoms with Crippen LogP contribution in [0, 0.1) is 0 Å². The van der Waals surface area contributed by atoms with Crippen LogP contribution in [-0.4, -0.2) is 24.0 Å². The largest absolute Gasteiger partial charge is 0.573 e. The minimum Gasteiger partial charge on any atom is -0.406 e. The highest BCUT2D eigenvalue weighted by Gasteiger charge is 2.31. The Bertz CT molecular complexity index is 612. The van der Waals surface area contributed by atoms with E-state index in [4.69, 9.17) is 0 Å². The molecule has 1 amide bonds. The minimum atomic E-state index is -4.78. The Morgan fingerprint density at radius 3 is 2.86 bits per heavy atom. The number of aromatic nitrogens is 1. The van der Waals surface area contributed by atoms with Crippen LogP contribution in [0.5, 0.6) is 5.75 Å². The maximum Gasteiger partial charge on any atom is 0.573 e. The van der Waals surface area contributed by atoms with Gasteiger partial charge in [-0.05, 0) is 31.0 Å². The number of carbonyl (C=O) groups is 1. The van der Waals surface area contributed by atoms with Gasteiger partial charge in [0.15, 0.2) is 0 Å². The summed E-state index contributed by atoms with van der Waals surface area (Å²) in [6, 6.07) is 4.92. The van der Waals surface area contributed by atoms with Crippen LogP contribution >= 0.6 is 0 Å². The van der Waals surface area contributed by atoms with Gasteiger partial charge >= 0.3 is 6.36 Å². The third kappa shape index (κ3) is 5.12. The first kappa shape index (κ1) is 15.9. The number of alkyl halides is 3. The molecule has 0 fully saturated rings. The number of carbonyl (C=O) groups excluding carboxylic acids is 1. The zero-order chi connectivity index (χ0) is 16.0. The van der Waals surface area contributed by atoms with E-state index < -0.39 is 18.0 Å². The Morgan fingerprint density at radius 1 is 1.36 bits per heavy atom. The van der Waals surface area contributed by atoms with E-state index in [1.54, 1.807) is 6.20 Å². The number of benzene rings is 1. The second kappa shape index (κ2) is 6.97. The van der Waals surface area contributed by atoms with Crippen LogP contribution in [0.4, 0.5) is 13.2 Å². The van der Waals surface area contributed by atoms with Gasteiger partial charge in [-0.1, -0.05) is 11.2 Å². The Balaban J connectivity index is 1.83. The van der Waals surface area contributed by atoms with Gasteiger partial charge in [0, 0.05) is 17.7 Å². The highest BCUT2D eigenvalue weighted by atomic mass is 19.4. The Kier molecular flexibility index (Phi) is 5.03. The number of nitrogens with zero attached hydrogens (tertiary/aromatic N) is 1. The van der Waals surface area contributed by atoms with E-state index in [9.17, 15) is 18.0 Å². The van der Waals surface area contributed by atoms with Crippen molar-refractivity contribution >= 4 is 5.91 Å². The van der Waals surface area contributed by atoms with Crippen molar-refractivity contribution < 1.29 is 27.2 Å². The molecule has 118 valence electrons. The van der Waals surface area contributed by atoms with Gasteiger partial charge in [0.25, 0.3) is 5.91 Å². The summed E-state index contributed by atoms with van der Waals surface area (Å²) >= 11 is 0. The van der Waals surface area contributed by atoms with Gasteiger partial charge in [-0.15, -0.1) is 13.2 Å². The number of ether oxygens (including phenoxy) is 1. The highest BCUT2D eigenvalue weighted by Crippen LogP contribution is 2.23. The van der Waals surface area contributed by atoms with Crippen LogP contribution in [0.1, 0.15) is 22.3 Å². The zero-order valence-electron chi connectivity index (χ0n) is 11.4. The third-order valence-electron chi connectivity index (χ3n) is 2.74. The molecular weight excluding hydrogens is 301 g/mol. The second-order valence-electron chi connectivity index (χ2n) is 4.47. The Morgan fingerprint density at radius 2 is 2.18 bits per heavy atom. The zero-order valence-corrected chi connectivity index (χ0v) is 11.4. The molecule has 1 aromatic carbocycles. The van der Waals surface area contributed by atoms with Gasteiger partial charge in [0.2, 0.25) is 0 Å². The number of hydrogen-bond acceptors (Lipinski definition) is 4. The van der Waals surface area contributed by atoms with Crippen molar-refractivity contribution in [2.24, 2.45) is 0 Å². The quantitative estimate of drug-likeness (QED) is 0.833. The first-order valence-electron chi connectivity index (χ1n) is 6.46. The average molecular weight is 314 g/mol. The van der Waals surface area contributed by atoms with E-state index in [1.165, 1.54) is 18.4 Å². The molecule has 22 heavy (non-hydrogen) atoms. The molecule has 0 saturated heterocycles. The first-order valence-corrected chi connectivity index (χ1v) is 6.46. The van der Waals surface area contributed by atoms with Gasteiger partial charge in [-0.2, -0.15) is 0 Å². The normalized spacial score (nSPS) is 11.2. The van der Waals surface area contributed by atoms with Crippen molar-refractivity contribution in [1.82, 2.24) is 10.5 Å². The maximum atomic E-state index is 12.1. The van der Waals surface area contributed by atoms with Crippen molar-refractivity contribution in [1.29, 1.82) is 0 Å². The SMILES string of the molecule is O=C(NCCCc1cnoc1)c1cccc(OC(F)(F)F)c1. The summed E-state index contributed by atoms with van der Waals surface area (Å²) in [6.07, 6.45) is -0.347. The van der Waals surface area contributed by atoms with Crippen molar-refractivity contribution in [3.63, 3.8) is 0 Å². The molecule has 0 unspecified atom stereocenters. The van der Waals surface area contributed by atoms with Crippen LogP contribution in [0.25, 0.3) is 0 Å². The van der Waals surface area contributed by atoms with Gasteiger partial charge in [-0.3, -0.25) is 4.79 Å². The predicted molar refractivity (Wildman–Crippen MR) is 70.3 cm³/mol. The van der Waals surface area contributed by atoms with Crippen molar-refractivity contribution in [3.8, 4) is 5.75 Å². The Labute approximate surface area is 124 Å². The number of rotatable bonds is 6. The van der Waals surface area contributed by atoms with Gasteiger partial charge in [0.05, 0.1) is 6.20 Å². The molecule has 2 aromatic rings. The lowest BCUT2D eigenvalue weighted by molar-refractivity contribution is -0.274. The molecular formula is C14H13F3N2O3. The number of amides is 1. The van der Waals surface area contributed by atoms with E-state index in [1.807, 2.05) is 0 Å². The standard InChI is InChI=1S/C14H13F3N2O3/c15-14(16,17)22-12-5-1-4-11(7-12)13(20)18-6-2-3-10-8-19-21-9-10/h1,4-5,7-9H,2-3,6H2,(H,18,20). The lowest BCUT2D eigenvalue weighted by Gasteiger charge is -2.10. The maximum absolute atomic E-state index is 12.1.